The molecule has 0 aliphatic rings. The molecule has 0 radical (unpaired) electrons. The molecule has 0 bridgehead atoms. The lowest BCUT2D eigenvalue weighted by atomic mass is 10.3. The molecule has 1 heterocycles. The molecule has 1 N–H and O–H groups in total. The quantitative estimate of drug-likeness (QED) is 0.875. The molecule has 90 valence electrons. The van der Waals surface area contributed by atoms with Crippen molar-refractivity contribution in [1.29, 1.82) is 0 Å². The van der Waals surface area contributed by atoms with Gasteiger partial charge in [0.2, 0.25) is 0 Å². The number of anilines is 1. The van der Waals surface area contributed by atoms with Crippen LogP contribution in [-0.4, -0.2) is 7.11 Å². The first-order chi connectivity index (χ1) is 8.19. The second kappa shape index (κ2) is 5.60. The number of hydrogen-bond acceptors (Lipinski definition) is 3. The van der Waals surface area contributed by atoms with Gasteiger partial charge in [-0.25, -0.2) is 0 Å². The average Bonchev–Trinajstić information content (AvgIpc) is 2.74. The van der Waals surface area contributed by atoms with E-state index in [4.69, 9.17) is 9.15 Å². The maximum Gasteiger partial charge on any atom is 0.169 e. The predicted molar refractivity (Wildman–Crippen MR) is 74.4 cm³/mol. The Morgan fingerprint density at radius 1 is 1.24 bits per heavy atom. The molecule has 2 rings (SSSR count). The minimum atomic E-state index is 0.622. The fourth-order valence-corrected chi connectivity index (χ4v) is 2.12. The molecule has 1 aromatic carbocycles. The second-order valence-electron chi connectivity index (χ2n) is 3.41. The lowest BCUT2D eigenvalue weighted by molar-refractivity contribution is 0.415. The Balaban J connectivity index is 2.07. The van der Waals surface area contributed by atoms with E-state index in [9.17, 15) is 0 Å². The zero-order valence-electron chi connectivity index (χ0n) is 9.17. The Morgan fingerprint density at radius 3 is 2.71 bits per heavy atom. The van der Waals surface area contributed by atoms with E-state index in [0.29, 0.717) is 6.54 Å². The minimum absolute atomic E-state index is 0.622. The molecular weight excluding hydrogens is 350 g/mol. The average molecular weight is 361 g/mol. The molecule has 5 heteroatoms. The van der Waals surface area contributed by atoms with Gasteiger partial charge in [-0.15, -0.1) is 0 Å². The molecule has 0 amide bonds. The van der Waals surface area contributed by atoms with Gasteiger partial charge < -0.3 is 14.5 Å². The number of benzene rings is 1. The molecule has 17 heavy (non-hydrogen) atoms. The van der Waals surface area contributed by atoms with E-state index in [0.717, 1.165) is 26.3 Å². The highest BCUT2D eigenvalue weighted by Crippen LogP contribution is 2.27. The highest BCUT2D eigenvalue weighted by Gasteiger charge is 2.04. The molecule has 0 atom stereocenters. The molecule has 3 nitrogen and oxygen atoms in total. The summed E-state index contributed by atoms with van der Waals surface area (Å²) in [5.74, 6) is 1.68. The minimum Gasteiger partial charge on any atom is -0.497 e. The van der Waals surface area contributed by atoms with Crippen LogP contribution in [0.4, 0.5) is 5.69 Å². The monoisotopic (exact) mass is 359 g/mol. The molecule has 0 unspecified atom stereocenters. The number of hydrogen-bond donors (Lipinski definition) is 1. The van der Waals surface area contributed by atoms with E-state index in [-0.39, 0.29) is 0 Å². The van der Waals surface area contributed by atoms with Crippen LogP contribution in [0.15, 0.2) is 43.9 Å². The standard InChI is InChI=1S/C12H11Br2NO2/c1-16-8-2-4-10(13)11(6-8)15-7-9-3-5-12(14)17-9/h2-6,15H,7H2,1H3. The van der Waals surface area contributed by atoms with E-state index in [1.807, 2.05) is 30.3 Å². The number of furan rings is 1. The number of halogens is 2. The van der Waals surface area contributed by atoms with Gasteiger partial charge in [-0.1, -0.05) is 0 Å². The summed E-state index contributed by atoms with van der Waals surface area (Å²) in [6.07, 6.45) is 0. The van der Waals surface area contributed by atoms with Crippen molar-refractivity contribution in [3.05, 3.63) is 45.2 Å². The first-order valence-corrected chi connectivity index (χ1v) is 6.59. The van der Waals surface area contributed by atoms with Gasteiger partial charge in [0.15, 0.2) is 4.67 Å². The summed E-state index contributed by atoms with van der Waals surface area (Å²) in [4.78, 5) is 0. The molecule has 0 saturated heterocycles. The Kier molecular flexibility index (Phi) is 4.12. The van der Waals surface area contributed by atoms with Crippen LogP contribution in [0.5, 0.6) is 5.75 Å². The van der Waals surface area contributed by atoms with Crippen LogP contribution in [0.2, 0.25) is 0 Å². The van der Waals surface area contributed by atoms with E-state index in [1.54, 1.807) is 7.11 Å². The van der Waals surface area contributed by atoms with Gasteiger partial charge in [-0.05, 0) is 56.1 Å². The van der Waals surface area contributed by atoms with Crippen molar-refractivity contribution in [1.82, 2.24) is 0 Å². The molecular formula is C12H11Br2NO2. The van der Waals surface area contributed by atoms with Gasteiger partial charge >= 0.3 is 0 Å². The Hall–Kier alpha value is -0.940. The van der Waals surface area contributed by atoms with Crippen LogP contribution in [0, 0.1) is 0 Å². The van der Waals surface area contributed by atoms with Crippen LogP contribution < -0.4 is 10.1 Å². The number of nitrogens with one attached hydrogen (secondary N) is 1. The molecule has 0 spiro atoms. The Morgan fingerprint density at radius 2 is 2.06 bits per heavy atom. The molecule has 0 saturated carbocycles. The van der Waals surface area contributed by atoms with Crippen molar-refractivity contribution in [2.24, 2.45) is 0 Å². The predicted octanol–water partition coefficient (Wildman–Crippen LogP) is 4.43. The third-order valence-corrected chi connectivity index (χ3v) is 3.37. The maximum atomic E-state index is 5.41. The topological polar surface area (TPSA) is 34.4 Å². The highest BCUT2D eigenvalue weighted by atomic mass is 79.9. The molecule has 1 aromatic heterocycles. The Labute approximate surface area is 116 Å². The van der Waals surface area contributed by atoms with Gasteiger partial charge in [0.05, 0.1) is 19.3 Å². The second-order valence-corrected chi connectivity index (χ2v) is 5.04. The van der Waals surface area contributed by atoms with Gasteiger partial charge in [0.25, 0.3) is 0 Å². The van der Waals surface area contributed by atoms with Crippen molar-refractivity contribution < 1.29 is 9.15 Å². The van der Waals surface area contributed by atoms with Crippen molar-refractivity contribution in [2.45, 2.75) is 6.54 Å². The van der Waals surface area contributed by atoms with Crippen LogP contribution in [0.3, 0.4) is 0 Å². The van der Waals surface area contributed by atoms with E-state index in [1.165, 1.54) is 0 Å². The van der Waals surface area contributed by atoms with Gasteiger partial charge in [0.1, 0.15) is 11.5 Å². The molecule has 2 aromatic rings. The van der Waals surface area contributed by atoms with E-state index in [2.05, 4.69) is 37.2 Å². The van der Waals surface area contributed by atoms with Gasteiger partial charge in [0, 0.05) is 10.5 Å². The SMILES string of the molecule is COc1ccc(Br)c(NCc2ccc(Br)o2)c1. The van der Waals surface area contributed by atoms with Gasteiger partial charge in [-0.3, -0.25) is 0 Å². The normalized spacial score (nSPS) is 10.3. The first kappa shape index (κ1) is 12.5. The summed E-state index contributed by atoms with van der Waals surface area (Å²) in [7, 11) is 1.65. The summed E-state index contributed by atoms with van der Waals surface area (Å²) >= 11 is 6.75. The molecule has 0 aliphatic heterocycles. The van der Waals surface area contributed by atoms with Crippen LogP contribution in [0.25, 0.3) is 0 Å². The fraction of sp³-hybridized carbons (Fsp3) is 0.167. The molecule has 0 fully saturated rings. The van der Waals surface area contributed by atoms with E-state index >= 15 is 0 Å². The van der Waals surface area contributed by atoms with Crippen molar-refractivity contribution >= 4 is 37.5 Å². The summed E-state index contributed by atoms with van der Waals surface area (Å²) in [6.45, 7) is 0.622. The third kappa shape index (κ3) is 3.26. The van der Waals surface area contributed by atoms with Crippen molar-refractivity contribution in [3.8, 4) is 5.75 Å². The Bertz CT molecular complexity index is 511. The van der Waals surface area contributed by atoms with Crippen LogP contribution in [0.1, 0.15) is 5.76 Å². The highest BCUT2D eigenvalue weighted by molar-refractivity contribution is 9.10. The number of ether oxygens (including phenoxy) is 1. The van der Waals surface area contributed by atoms with Crippen molar-refractivity contribution in [3.63, 3.8) is 0 Å². The fourth-order valence-electron chi connectivity index (χ4n) is 1.40. The van der Waals surface area contributed by atoms with Crippen molar-refractivity contribution in [2.75, 3.05) is 12.4 Å². The lowest BCUT2D eigenvalue weighted by Gasteiger charge is -2.09. The summed E-state index contributed by atoms with van der Waals surface area (Å²) in [6, 6.07) is 9.57. The lowest BCUT2D eigenvalue weighted by Crippen LogP contribution is -1.99. The van der Waals surface area contributed by atoms with Gasteiger partial charge in [-0.2, -0.15) is 0 Å². The summed E-state index contributed by atoms with van der Waals surface area (Å²) in [5.41, 5.74) is 0.969. The third-order valence-electron chi connectivity index (χ3n) is 2.26. The van der Waals surface area contributed by atoms with Crippen LogP contribution >= 0.6 is 31.9 Å². The maximum absolute atomic E-state index is 5.41. The van der Waals surface area contributed by atoms with E-state index < -0.39 is 0 Å². The summed E-state index contributed by atoms with van der Waals surface area (Å²) in [5, 5.41) is 3.28. The smallest absolute Gasteiger partial charge is 0.169 e. The first-order valence-electron chi connectivity index (χ1n) is 5.00. The van der Waals surface area contributed by atoms with Crippen LogP contribution in [-0.2, 0) is 6.54 Å². The summed E-state index contributed by atoms with van der Waals surface area (Å²) < 4.78 is 12.3. The molecule has 0 aliphatic carbocycles. The largest absolute Gasteiger partial charge is 0.497 e. The number of rotatable bonds is 4. The zero-order chi connectivity index (χ0) is 12.3. The number of methoxy groups -OCH3 is 1. The zero-order valence-corrected chi connectivity index (χ0v) is 12.3.